The normalized spacial score (nSPS) is 22.0. The number of ketones is 1. The zero-order chi connectivity index (χ0) is 10.8. The van der Waals surface area contributed by atoms with Crippen LogP contribution in [0.2, 0.25) is 0 Å². The zero-order valence-electron chi connectivity index (χ0n) is 7.55. The molecule has 6 heteroatoms. The van der Waals surface area contributed by atoms with Crippen molar-refractivity contribution in [3.8, 4) is 0 Å². The van der Waals surface area contributed by atoms with Gasteiger partial charge in [-0.25, -0.2) is 0 Å². The first-order valence-electron chi connectivity index (χ1n) is 4.46. The topological polar surface area (TPSA) is 40.5 Å². The number of aliphatic hydroxyl groups is 1. The highest BCUT2D eigenvalue weighted by Gasteiger charge is 2.45. The van der Waals surface area contributed by atoms with Crippen LogP contribution in [-0.2, 0) is 4.79 Å². The summed E-state index contributed by atoms with van der Waals surface area (Å²) in [6, 6.07) is 0. The second-order valence-corrected chi connectivity index (χ2v) is 3.33. The average molecular weight is 211 g/mol. The quantitative estimate of drug-likeness (QED) is 0.738. The maximum atomic E-state index is 11.9. The minimum absolute atomic E-state index is 0.350. The molecule has 0 radical (unpaired) electrons. The third-order valence-corrected chi connectivity index (χ3v) is 2.25. The van der Waals surface area contributed by atoms with Gasteiger partial charge in [0.15, 0.2) is 6.23 Å². The summed E-state index contributed by atoms with van der Waals surface area (Å²) in [7, 11) is 0. The molecule has 0 bridgehead atoms. The van der Waals surface area contributed by atoms with Gasteiger partial charge in [0.2, 0.25) is 0 Å². The Kier molecular flexibility index (Phi) is 3.49. The van der Waals surface area contributed by atoms with Gasteiger partial charge in [-0.1, -0.05) is 6.42 Å². The van der Waals surface area contributed by atoms with E-state index in [4.69, 9.17) is 5.11 Å². The van der Waals surface area contributed by atoms with Crippen LogP contribution >= 0.6 is 0 Å². The van der Waals surface area contributed by atoms with Crippen LogP contribution in [0.1, 0.15) is 19.3 Å². The van der Waals surface area contributed by atoms with Gasteiger partial charge in [0.25, 0.3) is 5.78 Å². The van der Waals surface area contributed by atoms with E-state index in [1.165, 1.54) is 4.90 Å². The van der Waals surface area contributed by atoms with Crippen LogP contribution < -0.4 is 0 Å². The molecule has 0 spiro atoms. The lowest BCUT2D eigenvalue weighted by Gasteiger charge is -2.30. The van der Waals surface area contributed by atoms with Gasteiger partial charge in [0, 0.05) is 13.1 Å². The van der Waals surface area contributed by atoms with Crippen LogP contribution in [-0.4, -0.2) is 41.3 Å². The van der Waals surface area contributed by atoms with Gasteiger partial charge in [-0.3, -0.25) is 9.69 Å². The van der Waals surface area contributed by atoms with Gasteiger partial charge in [0.1, 0.15) is 0 Å². The van der Waals surface area contributed by atoms with Crippen molar-refractivity contribution in [3.05, 3.63) is 0 Å². The molecule has 0 aromatic rings. The SMILES string of the molecule is O=C(C(O)N1CCCCC1)C(F)(F)F. The molecule has 1 saturated heterocycles. The monoisotopic (exact) mass is 211 g/mol. The number of carbonyl (C=O) groups excluding carboxylic acids is 1. The number of rotatable bonds is 2. The van der Waals surface area contributed by atoms with E-state index in [9.17, 15) is 18.0 Å². The van der Waals surface area contributed by atoms with Crippen LogP contribution in [0.15, 0.2) is 0 Å². The van der Waals surface area contributed by atoms with Crippen molar-refractivity contribution in [3.63, 3.8) is 0 Å². The lowest BCUT2D eigenvalue weighted by atomic mass is 10.1. The highest BCUT2D eigenvalue weighted by Crippen LogP contribution is 2.21. The van der Waals surface area contributed by atoms with Crippen LogP contribution in [0.5, 0.6) is 0 Å². The highest BCUT2D eigenvalue weighted by atomic mass is 19.4. The van der Waals surface area contributed by atoms with Gasteiger partial charge in [-0.15, -0.1) is 0 Å². The fraction of sp³-hybridized carbons (Fsp3) is 0.875. The third-order valence-electron chi connectivity index (χ3n) is 2.25. The summed E-state index contributed by atoms with van der Waals surface area (Å²) in [5.74, 6) is -2.07. The minimum Gasteiger partial charge on any atom is -0.371 e. The molecule has 1 aliphatic rings. The molecule has 1 aliphatic heterocycles. The molecular weight excluding hydrogens is 199 g/mol. The van der Waals surface area contributed by atoms with Crippen molar-refractivity contribution in [2.24, 2.45) is 0 Å². The molecule has 3 nitrogen and oxygen atoms in total. The summed E-state index contributed by atoms with van der Waals surface area (Å²) in [4.78, 5) is 11.8. The maximum Gasteiger partial charge on any atom is 0.454 e. The first-order chi connectivity index (χ1) is 6.43. The molecule has 0 aliphatic carbocycles. The molecule has 0 saturated carbocycles. The van der Waals surface area contributed by atoms with Crippen LogP contribution in [0.3, 0.4) is 0 Å². The van der Waals surface area contributed by atoms with Gasteiger partial charge in [-0.05, 0) is 12.8 Å². The fourth-order valence-electron chi connectivity index (χ4n) is 1.48. The summed E-state index contributed by atoms with van der Waals surface area (Å²) in [5, 5.41) is 9.13. The molecule has 82 valence electrons. The molecule has 1 fully saturated rings. The first kappa shape index (κ1) is 11.5. The molecule has 0 amide bonds. The number of hydrogen-bond acceptors (Lipinski definition) is 3. The maximum absolute atomic E-state index is 11.9. The fourth-order valence-corrected chi connectivity index (χ4v) is 1.48. The van der Waals surface area contributed by atoms with Gasteiger partial charge >= 0.3 is 6.18 Å². The molecule has 1 heterocycles. The van der Waals surface area contributed by atoms with E-state index in [-0.39, 0.29) is 0 Å². The van der Waals surface area contributed by atoms with Crippen molar-refractivity contribution in [1.29, 1.82) is 0 Å². The van der Waals surface area contributed by atoms with E-state index in [0.717, 1.165) is 19.3 Å². The second-order valence-electron chi connectivity index (χ2n) is 3.33. The van der Waals surface area contributed by atoms with Crippen LogP contribution in [0.25, 0.3) is 0 Å². The average Bonchev–Trinajstić information content (AvgIpc) is 2.15. The molecular formula is C8H12F3NO2. The molecule has 0 aromatic heterocycles. The predicted molar refractivity (Wildman–Crippen MR) is 42.5 cm³/mol. The van der Waals surface area contributed by atoms with Crippen molar-refractivity contribution >= 4 is 5.78 Å². The number of Topliss-reactive ketones (excluding diaryl/α,β-unsaturated/α-hetero) is 1. The van der Waals surface area contributed by atoms with E-state index in [1.807, 2.05) is 0 Å². The molecule has 1 rings (SSSR count). The number of hydrogen-bond donors (Lipinski definition) is 1. The molecule has 1 atom stereocenters. The number of alkyl halides is 3. The summed E-state index contributed by atoms with van der Waals surface area (Å²) in [6.07, 6.45) is -4.58. The van der Waals surface area contributed by atoms with E-state index >= 15 is 0 Å². The van der Waals surface area contributed by atoms with Crippen molar-refractivity contribution < 1.29 is 23.1 Å². The zero-order valence-corrected chi connectivity index (χ0v) is 7.55. The number of halogens is 3. The Morgan fingerprint density at radius 1 is 1.21 bits per heavy atom. The largest absolute Gasteiger partial charge is 0.454 e. The Labute approximate surface area is 79.5 Å². The van der Waals surface area contributed by atoms with Gasteiger partial charge in [0.05, 0.1) is 0 Å². The molecule has 1 N–H and O–H groups in total. The Morgan fingerprint density at radius 3 is 2.14 bits per heavy atom. The summed E-state index contributed by atoms with van der Waals surface area (Å²) in [5.41, 5.74) is 0. The van der Waals surface area contributed by atoms with Crippen LogP contribution in [0.4, 0.5) is 13.2 Å². The van der Waals surface area contributed by atoms with E-state index in [1.54, 1.807) is 0 Å². The van der Waals surface area contributed by atoms with E-state index in [0.29, 0.717) is 13.1 Å². The summed E-state index contributed by atoms with van der Waals surface area (Å²) in [6.45, 7) is 0.700. The molecule has 0 aromatic carbocycles. The second kappa shape index (κ2) is 4.27. The number of nitrogens with zero attached hydrogens (tertiary/aromatic N) is 1. The third kappa shape index (κ3) is 2.68. The molecule has 1 unspecified atom stereocenters. The van der Waals surface area contributed by atoms with Crippen molar-refractivity contribution in [2.75, 3.05) is 13.1 Å². The number of carbonyl (C=O) groups is 1. The number of aliphatic hydroxyl groups excluding tert-OH is 1. The first-order valence-corrected chi connectivity index (χ1v) is 4.46. The van der Waals surface area contributed by atoms with Crippen LogP contribution in [0, 0.1) is 0 Å². The molecule has 14 heavy (non-hydrogen) atoms. The predicted octanol–water partition coefficient (Wildman–Crippen LogP) is 0.922. The lowest BCUT2D eigenvalue weighted by molar-refractivity contribution is -0.189. The number of piperidine rings is 1. The van der Waals surface area contributed by atoms with Gasteiger partial charge < -0.3 is 5.11 Å². The van der Waals surface area contributed by atoms with Gasteiger partial charge in [-0.2, -0.15) is 13.2 Å². The summed E-state index contributed by atoms with van der Waals surface area (Å²) < 4.78 is 35.8. The standard InChI is InChI=1S/C8H12F3NO2/c9-8(10,11)6(13)7(14)12-4-2-1-3-5-12/h7,14H,1-5H2. The highest BCUT2D eigenvalue weighted by molar-refractivity contribution is 5.87. The minimum atomic E-state index is -4.95. The smallest absolute Gasteiger partial charge is 0.371 e. The Balaban J connectivity index is 2.55. The van der Waals surface area contributed by atoms with Crippen molar-refractivity contribution in [2.45, 2.75) is 31.7 Å². The van der Waals surface area contributed by atoms with E-state index in [2.05, 4.69) is 0 Å². The Bertz CT molecular complexity index is 211. The number of likely N-dealkylation sites (tertiary alicyclic amines) is 1. The summed E-state index contributed by atoms with van der Waals surface area (Å²) >= 11 is 0. The Morgan fingerprint density at radius 2 is 1.71 bits per heavy atom. The Hall–Kier alpha value is -0.620. The van der Waals surface area contributed by atoms with E-state index < -0.39 is 18.2 Å². The van der Waals surface area contributed by atoms with Crippen molar-refractivity contribution in [1.82, 2.24) is 4.90 Å². The lowest BCUT2D eigenvalue weighted by Crippen LogP contribution is -2.48.